The molecule has 2 heterocycles. The van der Waals surface area contributed by atoms with Crippen LogP contribution in [-0.2, 0) is 19.1 Å². The van der Waals surface area contributed by atoms with Crippen LogP contribution in [0.1, 0.15) is 158 Å². The Kier molecular flexibility index (Phi) is 19.0. The monoisotopic (exact) mass is 871 g/mol. The van der Waals surface area contributed by atoms with Gasteiger partial charge < -0.3 is 38.9 Å². The Morgan fingerprint density at radius 1 is 0.905 bits per heavy atom. The van der Waals surface area contributed by atoms with Gasteiger partial charge in [0.25, 0.3) is 0 Å². The second-order valence-corrected chi connectivity index (χ2v) is 18.6. The molecule has 0 bridgehead atoms. The van der Waals surface area contributed by atoms with Crippen LogP contribution in [0.3, 0.4) is 0 Å². The molecule has 2 aliphatic carbocycles. The van der Waals surface area contributed by atoms with Crippen molar-refractivity contribution in [3.8, 4) is 17.2 Å². The summed E-state index contributed by atoms with van der Waals surface area (Å²) < 4.78 is 27.1. The van der Waals surface area contributed by atoms with Crippen LogP contribution in [0.4, 0.5) is 0 Å². The van der Waals surface area contributed by atoms with Crippen molar-refractivity contribution in [1.29, 1.82) is 0 Å². The maximum absolute atomic E-state index is 14.5. The Labute approximate surface area is 378 Å². The topological polar surface area (TPSA) is 119 Å². The van der Waals surface area contributed by atoms with Crippen molar-refractivity contribution in [2.75, 3.05) is 33.5 Å². The molecular weight excluding hydrogens is 793 g/mol. The number of hydrogen-bond acceptors (Lipinski definition) is 9. The number of rotatable bonds is 26. The number of carbonyl (C=O) groups is 1. The first-order valence-corrected chi connectivity index (χ1v) is 24.6. The third kappa shape index (κ3) is 12.4. The van der Waals surface area contributed by atoms with Gasteiger partial charge in [-0.3, -0.25) is 4.79 Å². The molecule has 0 aromatic heterocycles. The molecule has 1 saturated heterocycles. The highest BCUT2D eigenvalue weighted by molar-refractivity contribution is 6.03. The van der Waals surface area contributed by atoms with Crippen LogP contribution >= 0.6 is 0 Å². The third-order valence-corrected chi connectivity index (χ3v) is 14.1. The van der Waals surface area contributed by atoms with E-state index in [1.165, 1.54) is 44.1 Å². The lowest BCUT2D eigenvalue weighted by molar-refractivity contribution is -0.256. The number of aliphatic hydroxyl groups is 2. The lowest BCUT2D eigenvalue weighted by Gasteiger charge is -2.59. The molecule has 7 unspecified atom stereocenters. The SMILES string of the molecule is C=CCOC12Oc3ccc(Oc4ccc(C)c(C)c4)cc3C3C(CCCCO)C(CCCCO)C=C(C(=NOC4CCCCO4)CC1N(C)C(=O)CCCCCCCCCCC)C32. The van der Waals surface area contributed by atoms with Gasteiger partial charge in [-0.2, -0.15) is 0 Å². The number of benzene rings is 2. The molecule has 2 aromatic carbocycles. The Balaban J connectivity index is 1.43. The first-order valence-electron chi connectivity index (χ1n) is 24.6. The van der Waals surface area contributed by atoms with Crippen molar-refractivity contribution in [2.24, 2.45) is 22.9 Å². The van der Waals surface area contributed by atoms with Gasteiger partial charge in [0.05, 0.1) is 24.8 Å². The Hall–Kier alpha value is -3.70. The lowest BCUT2D eigenvalue weighted by atomic mass is 9.55. The maximum Gasteiger partial charge on any atom is 0.239 e. The standard InChI is InChI=1S/C53H78N2O8/c1-6-8-9-10-11-12-13-14-15-24-49(58)55(5)48-37-46(54-63-50-25-18-21-33-59-50)44-35-40(22-16-19-30-56)43(23-17-20-31-57)51-45-36-42(61-41-27-26-38(3)39(4)34-41)28-29-47(45)62-53(48,52(44)51)60-32-7-2/h7,26-29,34-36,40,43,48,50-52,56-57H,2,6,8-25,30-33,37H2,1,3-5H3. The molecule has 7 atom stereocenters. The van der Waals surface area contributed by atoms with Gasteiger partial charge in [0.2, 0.25) is 18.0 Å². The third-order valence-electron chi connectivity index (χ3n) is 14.1. The minimum atomic E-state index is -1.28. The number of amides is 1. The van der Waals surface area contributed by atoms with E-state index < -0.39 is 18.1 Å². The molecule has 2 aromatic rings. The molecule has 1 saturated carbocycles. The Morgan fingerprint density at radius 3 is 2.32 bits per heavy atom. The number of likely N-dealkylation sites (N-methyl/N-ethyl adjacent to an activating group) is 1. The number of nitrogens with zero attached hydrogens (tertiary/aromatic N) is 2. The number of aliphatic hydroxyl groups excluding tert-OH is 2. The Morgan fingerprint density at radius 2 is 1.62 bits per heavy atom. The number of oxime groups is 1. The molecule has 348 valence electrons. The fourth-order valence-electron chi connectivity index (χ4n) is 10.6. The highest BCUT2D eigenvalue weighted by Gasteiger charge is 2.65. The predicted molar refractivity (Wildman–Crippen MR) is 250 cm³/mol. The maximum atomic E-state index is 14.5. The first-order chi connectivity index (χ1) is 30.7. The molecule has 10 heteroatoms. The second-order valence-electron chi connectivity index (χ2n) is 18.6. The average molecular weight is 871 g/mol. The van der Waals surface area contributed by atoms with Gasteiger partial charge in [0, 0.05) is 51.0 Å². The zero-order valence-electron chi connectivity index (χ0n) is 39.0. The highest BCUT2D eigenvalue weighted by atomic mass is 16.8. The fraction of sp³-hybridized carbons (Fsp3) is 0.660. The van der Waals surface area contributed by atoms with Crippen molar-refractivity contribution in [1.82, 2.24) is 4.90 Å². The van der Waals surface area contributed by atoms with Crippen molar-refractivity contribution in [3.63, 3.8) is 0 Å². The summed E-state index contributed by atoms with van der Waals surface area (Å²) in [5.74, 6) is 0.757. The summed E-state index contributed by atoms with van der Waals surface area (Å²) in [6, 6.07) is 11.8. The number of fused-ring (bicyclic) bond motifs is 2. The lowest BCUT2D eigenvalue weighted by Crippen LogP contribution is -2.69. The predicted octanol–water partition coefficient (Wildman–Crippen LogP) is 11.6. The van der Waals surface area contributed by atoms with Crippen LogP contribution < -0.4 is 9.47 Å². The summed E-state index contributed by atoms with van der Waals surface area (Å²) in [4.78, 5) is 22.6. The molecule has 0 radical (unpaired) electrons. The number of ether oxygens (including phenoxy) is 4. The number of unbranched alkanes of at least 4 members (excludes halogenated alkanes) is 10. The van der Waals surface area contributed by atoms with Gasteiger partial charge in [-0.15, -0.1) is 6.58 Å². The van der Waals surface area contributed by atoms with Gasteiger partial charge in [-0.1, -0.05) is 94.5 Å². The van der Waals surface area contributed by atoms with Crippen LogP contribution in [0.2, 0.25) is 0 Å². The van der Waals surface area contributed by atoms with Crippen LogP contribution in [-0.4, -0.2) is 78.3 Å². The fourth-order valence-corrected chi connectivity index (χ4v) is 10.6. The van der Waals surface area contributed by atoms with Crippen LogP contribution in [0.15, 0.2) is 65.9 Å². The minimum Gasteiger partial charge on any atom is -0.459 e. The largest absolute Gasteiger partial charge is 0.459 e. The smallest absolute Gasteiger partial charge is 0.239 e. The van der Waals surface area contributed by atoms with Crippen molar-refractivity contribution in [2.45, 2.75) is 173 Å². The van der Waals surface area contributed by atoms with E-state index in [1.807, 2.05) is 30.1 Å². The molecule has 6 rings (SSSR count). The molecule has 2 fully saturated rings. The molecule has 10 nitrogen and oxygen atoms in total. The number of allylic oxidation sites excluding steroid dienone is 1. The van der Waals surface area contributed by atoms with E-state index in [0.29, 0.717) is 38.0 Å². The van der Waals surface area contributed by atoms with Gasteiger partial charge in [0.1, 0.15) is 23.3 Å². The Bertz CT molecular complexity index is 1820. The van der Waals surface area contributed by atoms with Crippen LogP contribution in [0.25, 0.3) is 0 Å². The van der Waals surface area contributed by atoms with E-state index in [1.54, 1.807) is 6.08 Å². The summed E-state index contributed by atoms with van der Waals surface area (Å²) in [6.07, 6.45) is 22.8. The first kappa shape index (κ1) is 48.7. The summed E-state index contributed by atoms with van der Waals surface area (Å²) in [5.41, 5.74) is 5.21. The van der Waals surface area contributed by atoms with Crippen molar-refractivity contribution < 1.29 is 38.8 Å². The second kappa shape index (κ2) is 24.6. The van der Waals surface area contributed by atoms with E-state index in [4.69, 9.17) is 28.9 Å². The molecule has 4 aliphatic rings. The van der Waals surface area contributed by atoms with E-state index in [2.05, 4.69) is 51.6 Å². The quantitative estimate of drug-likeness (QED) is 0.0545. The number of aryl methyl sites for hydroxylation is 2. The van der Waals surface area contributed by atoms with Gasteiger partial charge in [0.15, 0.2) is 0 Å². The summed E-state index contributed by atoms with van der Waals surface area (Å²) in [6.45, 7) is 11.6. The molecule has 2 aliphatic heterocycles. The van der Waals surface area contributed by atoms with Gasteiger partial charge in [-0.25, -0.2) is 0 Å². The minimum absolute atomic E-state index is 0.0631. The van der Waals surface area contributed by atoms with E-state index >= 15 is 0 Å². The van der Waals surface area contributed by atoms with Crippen molar-refractivity contribution in [3.05, 3.63) is 77.4 Å². The van der Waals surface area contributed by atoms with Crippen molar-refractivity contribution >= 4 is 11.6 Å². The summed E-state index contributed by atoms with van der Waals surface area (Å²) in [7, 11) is 1.91. The van der Waals surface area contributed by atoms with Crippen LogP contribution in [0.5, 0.6) is 17.2 Å². The van der Waals surface area contributed by atoms with E-state index in [-0.39, 0.29) is 49.4 Å². The molecule has 63 heavy (non-hydrogen) atoms. The number of carbonyl (C=O) groups excluding carboxylic acids is 1. The molecular formula is C53H78N2O8. The van der Waals surface area contributed by atoms with E-state index in [0.717, 1.165) is 98.1 Å². The van der Waals surface area contributed by atoms with Crippen LogP contribution in [0, 0.1) is 31.6 Å². The average Bonchev–Trinajstić information content (AvgIpc) is 3.29. The zero-order chi connectivity index (χ0) is 44.6. The van der Waals surface area contributed by atoms with Gasteiger partial charge in [-0.05, 0) is 118 Å². The highest BCUT2D eigenvalue weighted by Crippen LogP contribution is 2.62. The molecule has 1 amide bonds. The summed E-state index contributed by atoms with van der Waals surface area (Å²) in [5, 5.41) is 24.9. The van der Waals surface area contributed by atoms with E-state index in [9.17, 15) is 15.0 Å². The number of hydrogen-bond donors (Lipinski definition) is 2. The molecule has 0 spiro atoms. The summed E-state index contributed by atoms with van der Waals surface area (Å²) >= 11 is 0. The molecule has 2 N–H and O–H groups in total. The normalized spacial score (nSPS) is 25.7. The van der Waals surface area contributed by atoms with Gasteiger partial charge >= 0.3 is 0 Å². The zero-order valence-corrected chi connectivity index (χ0v) is 39.0.